The number of sulfonamides is 1. The van der Waals surface area contributed by atoms with Gasteiger partial charge in [0.1, 0.15) is 0 Å². The molecule has 0 atom stereocenters. The van der Waals surface area contributed by atoms with Crippen LogP contribution in [-0.2, 0) is 27.5 Å². The lowest BCUT2D eigenvalue weighted by molar-refractivity contribution is -0.138. The van der Waals surface area contributed by atoms with E-state index in [0.717, 1.165) is 6.07 Å². The van der Waals surface area contributed by atoms with E-state index in [1.54, 1.807) is 6.07 Å². The summed E-state index contributed by atoms with van der Waals surface area (Å²) in [6.45, 7) is 2.04. The molecule has 178 valence electrons. The summed E-state index contributed by atoms with van der Waals surface area (Å²) in [4.78, 5) is 14.3. The highest BCUT2D eigenvalue weighted by atomic mass is 32.2. The second kappa shape index (κ2) is 9.22. The number of amides is 1. The number of ether oxygens (including phenoxy) is 1. The summed E-state index contributed by atoms with van der Waals surface area (Å²) >= 11 is 0. The molecule has 4 rings (SSSR count). The molecular formula is C22H24F3N3O4S. The molecule has 0 unspecified atom stereocenters. The number of hydrogen-bond acceptors (Lipinski definition) is 5. The van der Waals surface area contributed by atoms with Crippen molar-refractivity contribution in [3.05, 3.63) is 59.2 Å². The molecule has 2 aliphatic rings. The fourth-order valence-corrected chi connectivity index (χ4v) is 5.55. The minimum absolute atomic E-state index is 0.0346. The maximum Gasteiger partial charge on any atom is 0.416 e. The van der Waals surface area contributed by atoms with Gasteiger partial charge in [0.15, 0.2) is 0 Å². The Morgan fingerprint density at radius 3 is 2.27 bits per heavy atom. The molecule has 2 aromatic rings. The van der Waals surface area contributed by atoms with Crippen LogP contribution in [-0.4, -0.2) is 52.9 Å². The summed E-state index contributed by atoms with van der Waals surface area (Å²) in [5.74, 6) is -0.461. The van der Waals surface area contributed by atoms with Gasteiger partial charge in [0, 0.05) is 37.4 Å². The molecular weight excluding hydrogens is 459 g/mol. The van der Waals surface area contributed by atoms with Crippen LogP contribution in [0.2, 0.25) is 0 Å². The Morgan fingerprint density at radius 1 is 1.00 bits per heavy atom. The van der Waals surface area contributed by atoms with Crippen LogP contribution in [0, 0.1) is 0 Å². The largest absolute Gasteiger partial charge is 0.416 e. The van der Waals surface area contributed by atoms with Gasteiger partial charge in [-0.2, -0.15) is 13.2 Å². The van der Waals surface area contributed by atoms with Crippen molar-refractivity contribution in [3.8, 4) is 0 Å². The predicted octanol–water partition coefficient (Wildman–Crippen LogP) is 3.01. The molecule has 2 saturated heterocycles. The zero-order chi connectivity index (χ0) is 23.6. The molecule has 0 saturated carbocycles. The van der Waals surface area contributed by atoms with E-state index >= 15 is 0 Å². The molecule has 2 heterocycles. The molecule has 7 nitrogen and oxygen atoms in total. The molecule has 33 heavy (non-hydrogen) atoms. The number of carbonyl (C=O) groups excluding carboxylic acids is 1. The number of carbonyl (C=O) groups is 1. The highest BCUT2D eigenvalue weighted by Crippen LogP contribution is 2.35. The van der Waals surface area contributed by atoms with Crippen molar-refractivity contribution in [2.45, 2.75) is 19.1 Å². The topological polar surface area (TPSA) is 79.0 Å². The Labute approximate surface area is 190 Å². The number of hydrogen-bond donors (Lipinski definition) is 1. The van der Waals surface area contributed by atoms with Gasteiger partial charge in [0.25, 0.3) is 5.91 Å². The predicted molar refractivity (Wildman–Crippen MR) is 118 cm³/mol. The van der Waals surface area contributed by atoms with Gasteiger partial charge in [0.05, 0.1) is 30.2 Å². The van der Waals surface area contributed by atoms with Gasteiger partial charge in [-0.25, -0.2) is 8.42 Å². The molecule has 2 aliphatic heterocycles. The minimum Gasteiger partial charge on any atom is -0.378 e. The molecule has 1 amide bonds. The first-order valence-corrected chi connectivity index (χ1v) is 12.2. The molecule has 0 aromatic heterocycles. The Kier molecular flexibility index (Phi) is 6.53. The Morgan fingerprint density at radius 2 is 1.67 bits per heavy atom. The third-order valence-corrected chi connectivity index (χ3v) is 7.60. The summed E-state index contributed by atoms with van der Waals surface area (Å²) < 4.78 is 71.7. The zero-order valence-corrected chi connectivity index (χ0v) is 18.6. The second-order valence-corrected chi connectivity index (χ2v) is 9.92. The normalized spacial score (nSPS) is 18.4. The quantitative estimate of drug-likeness (QED) is 0.708. The van der Waals surface area contributed by atoms with E-state index in [1.807, 2.05) is 4.90 Å². The standard InChI is InChI=1S/C22H24F3N3O4S/c23-22(24,25)20-14-19(27-9-11-32-12-10-27)7-4-17(20)15-26-21(29)16-2-5-18(6-3-16)28-8-1-13-33(28,30)31/h2-7,14H,1,8-13,15H2,(H,26,29). The van der Waals surface area contributed by atoms with Gasteiger partial charge in [-0.05, 0) is 48.4 Å². The third-order valence-electron chi connectivity index (χ3n) is 5.73. The maximum atomic E-state index is 13.7. The molecule has 11 heteroatoms. The van der Waals surface area contributed by atoms with Crippen LogP contribution in [0.25, 0.3) is 0 Å². The lowest BCUT2D eigenvalue weighted by Gasteiger charge is -2.29. The molecule has 0 bridgehead atoms. The number of benzene rings is 2. The van der Waals surface area contributed by atoms with Crippen LogP contribution in [0.4, 0.5) is 24.5 Å². The summed E-state index contributed by atoms with van der Waals surface area (Å²) in [6.07, 6.45) is -4.03. The number of nitrogens with one attached hydrogen (secondary N) is 1. The number of morpholine rings is 1. The number of rotatable bonds is 5. The van der Waals surface area contributed by atoms with Crippen LogP contribution >= 0.6 is 0 Å². The van der Waals surface area contributed by atoms with Crippen LogP contribution in [0.5, 0.6) is 0 Å². The summed E-state index contributed by atoms with van der Waals surface area (Å²) in [5.41, 5.74) is 0.332. The van der Waals surface area contributed by atoms with E-state index in [0.29, 0.717) is 50.6 Å². The molecule has 0 aliphatic carbocycles. The average molecular weight is 484 g/mol. The first-order valence-electron chi connectivity index (χ1n) is 10.6. The Balaban J connectivity index is 1.46. The fraction of sp³-hybridized carbons (Fsp3) is 0.409. The Hall–Kier alpha value is -2.79. The van der Waals surface area contributed by atoms with Gasteiger partial charge in [0.2, 0.25) is 10.0 Å². The summed E-state index contributed by atoms with van der Waals surface area (Å²) in [6, 6.07) is 10.1. The van der Waals surface area contributed by atoms with Gasteiger partial charge in [-0.3, -0.25) is 9.10 Å². The van der Waals surface area contributed by atoms with E-state index in [-0.39, 0.29) is 23.4 Å². The van der Waals surface area contributed by atoms with Gasteiger partial charge < -0.3 is 15.0 Å². The van der Waals surface area contributed by atoms with Crippen molar-refractivity contribution < 1.29 is 31.1 Å². The van der Waals surface area contributed by atoms with E-state index in [9.17, 15) is 26.4 Å². The van der Waals surface area contributed by atoms with Crippen molar-refractivity contribution in [2.75, 3.05) is 47.8 Å². The van der Waals surface area contributed by atoms with Crippen LogP contribution in [0.1, 0.15) is 27.9 Å². The van der Waals surface area contributed by atoms with E-state index < -0.39 is 27.7 Å². The summed E-state index contributed by atoms with van der Waals surface area (Å²) in [5, 5.41) is 2.53. The molecule has 0 radical (unpaired) electrons. The first-order chi connectivity index (χ1) is 15.6. The van der Waals surface area contributed by atoms with Crippen molar-refractivity contribution in [2.24, 2.45) is 0 Å². The van der Waals surface area contributed by atoms with E-state index in [4.69, 9.17) is 4.74 Å². The van der Waals surface area contributed by atoms with Gasteiger partial charge in [-0.1, -0.05) is 6.07 Å². The molecule has 0 spiro atoms. The third kappa shape index (κ3) is 5.25. The van der Waals surface area contributed by atoms with Crippen LogP contribution in [0.3, 0.4) is 0 Å². The van der Waals surface area contributed by atoms with E-state index in [1.165, 1.54) is 34.6 Å². The van der Waals surface area contributed by atoms with Crippen LogP contribution < -0.4 is 14.5 Å². The number of alkyl halides is 3. The smallest absolute Gasteiger partial charge is 0.378 e. The first kappa shape index (κ1) is 23.4. The monoisotopic (exact) mass is 483 g/mol. The van der Waals surface area contributed by atoms with Crippen molar-refractivity contribution in [1.82, 2.24) is 5.32 Å². The Bertz CT molecular complexity index is 1110. The highest BCUT2D eigenvalue weighted by Gasteiger charge is 2.34. The average Bonchev–Trinajstić information content (AvgIpc) is 3.16. The molecule has 2 aromatic carbocycles. The number of anilines is 2. The van der Waals surface area contributed by atoms with Crippen molar-refractivity contribution >= 4 is 27.3 Å². The van der Waals surface area contributed by atoms with Crippen molar-refractivity contribution in [1.29, 1.82) is 0 Å². The van der Waals surface area contributed by atoms with Gasteiger partial charge in [-0.15, -0.1) is 0 Å². The maximum absolute atomic E-state index is 13.7. The van der Waals surface area contributed by atoms with E-state index in [2.05, 4.69) is 5.32 Å². The lowest BCUT2D eigenvalue weighted by Crippen LogP contribution is -2.36. The SMILES string of the molecule is O=C(NCc1ccc(N2CCOCC2)cc1C(F)(F)F)c1ccc(N2CCCS2(=O)=O)cc1. The lowest BCUT2D eigenvalue weighted by atomic mass is 10.0. The minimum atomic E-state index is -4.56. The number of nitrogens with zero attached hydrogens (tertiary/aromatic N) is 2. The fourth-order valence-electron chi connectivity index (χ4n) is 3.99. The summed E-state index contributed by atoms with van der Waals surface area (Å²) in [7, 11) is -3.33. The second-order valence-electron chi connectivity index (χ2n) is 7.91. The zero-order valence-electron chi connectivity index (χ0n) is 17.8. The molecule has 1 N–H and O–H groups in total. The van der Waals surface area contributed by atoms with Crippen LogP contribution in [0.15, 0.2) is 42.5 Å². The highest BCUT2D eigenvalue weighted by molar-refractivity contribution is 7.93. The molecule has 2 fully saturated rings. The van der Waals surface area contributed by atoms with Crippen molar-refractivity contribution in [3.63, 3.8) is 0 Å². The number of halogens is 3. The van der Waals surface area contributed by atoms with Gasteiger partial charge >= 0.3 is 6.18 Å².